The van der Waals surface area contributed by atoms with Crippen molar-refractivity contribution in [1.82, 2.24) is 0 Å². The van der Waals surface area contributed by atoms with Gasteiger partial charge in [0.1, 0.15) is 5.75 Å². The predicted octanol–water partition coefficient (Wildman–Crippen LogP) is 1.33. The number of rotatable bonds is 5. The summed E-state index contributed by atoms with van der Waals surface area (Å²) < 4.78 is 5.21. The van der Waals surface area contributed by atoms with Gasteiger partial charge in [-0.15, -0.1) is 0 Å². The van der Waals surface area contributed by atoms with Crippen LogP contribution in [0.3, 0.4) is 0 Å². The Balaban J connectivity index is 3.01. The minimum Gasteiger partial charge on any atom is -0.496 e. The molecule has 0 radical (unpaired) electrons. The van der Waals surface area contributed by atoms with E-state index < -0.39 is 0 Å². The minimum atomic E-state index is -0.193. The lowest BCUT2D eigenvalue weighted by Gasteiger charge is -2.14. The molecule has 0 fully saturated rings. The second kappa shape index (κ2) is 5.73. The zero-order chi connectivity index (χ0) is 11.3. The summed E-state index contributed by atoms with van der Waals surface area (Å²) in [4.78, 5) is 0. The normalized spacial score (nSPS) is 10.7. The zero-order valence-corrected chi connectivity index (χ0v) is 9.23. The molecule has 0 aliphatic carbocycles. The Bertz CT molecular complexity index is 306. The molecule has 0 bridgehead atoms. The van der Waals surface area contributed by atoms with Gasteiger partial charge < -0.3 is 14.9 Å². The van der Waals surface area contributed by atoms with Crippen LogP contribution in [0.1, 0.15) is 24.0 Å². The van der Waals surface area contributed by atoms with Crippen molar-refractivity contribution < 1.29 is 14.9 Å². The number of methoxy groups -OCH3 is 1. The number of benzene rings is 1. The zero-order valence-electron chi connectivity index (χ0n) is 9.23. The lowest BCUT2D eigenvalue weighted by molar-refractivity contribution is 0.192. The monoisotopic (exact) mass is 210 g/mol. The van der Waals surface area contributed by atoms with Crippen molar-refractivity contribution in [2.45, 2.75) is 19.3 Å². The van der Waals surface area contributed by atoms with E-state index in [1.165, 1.54) is 0 Å². The second-order valence-electron chi connectivity index (χ2n) is 3.49. The van der Waals surface area contributed by atoms with E-state index in [9.17, 15) is 0 Å². The van der Waals surface area contributed by atoms with E-state index in [1.807, 2.05) is 18.2 Å². The lowest BCUT2D eigenvalue weighted by Crippen LogP contribution is -2.09. The Morgan fingerprint density at radius 3 is 2.40 bits per heavy atom. The Labute approximate surface area is 90.3 Å². The summed E-state index contributed by atoms with van der Waals surface area (Å²) in [7, 11) is 1.64. The van der Waals surface area contributed by atoms with Crippen LogP contribution in [0.2, 0.25) is 0 Å². The van der Waals surface area contributed by atoms with Crippen molar-refractivity contribution in [1.29, 1.82) is 0 Å². The molecule has 0 amide bonds. The molecule has 84 valence electrons. The number of aliphatic hydroxyl groups excluding tert-OH is 2. The first kappa shape index (κ1) is 12.0. The Hall–Kier alpha value is -1.06. The van der Waals surface area contributed by atoms with Crippen LogP contribution in [0.15, 0.2) is 18.2 Å². The van der Waals surface area contributed by atoms with Crippen molar-refractivity contribution >= 4 is 0 Å². The number of ether oxygens (including phenoxy) is 1. The molecule has 0 saturated heterocycles. The van der Waals surface area contributed by atoms with Crippen LogP contribution in [-0.2, 0) is 6.42 Å². The van der Waals surface area contributed by atoms with Crippen LogP contribution in [0.4, 0.5) is 0 Å². The highest BCUT2D eigenvalue weighted by Crippen LogP contribution is 2.24. The summed E-state index contributed by atoms with van der Waals surface area (Å²) in [6, 6.07) is 5.75. The summed E-state index contributed by atoms with van der Waals surface area (Å²) in [6.07, 6.45) is 0.876. The first-order chi connectivity index (χ1) is 7.26. The van der Waals surface area contributed by atoms with Gasteiger partial charge in [0.05, 0.1) is 20.3 Å². The summed E-state index contributed by atoms with van der Waals surface area (Å²) >= 11 is 0. The third-order valence-corrected chi connectivity index (χ3v) is 2.60. The number of aryl methyl sites for hydroxylation is 1. The molecule has 1 aromatic rings. The van der Waals surface area contributed by atoms with Crippen LogP contribution in [0.5, 0.6) is 5.75 Å². The standard InChI is InChI=1S/C12H18O3/c1-3-9-6-10(11(7-13)8-14)4-5-12(9)15-2/h4-6,11,13-14H,3,7-8H2,1-2H3. The molecular formula is C12H18O3. The van der Waals surface area contributed by atoms with Crippen molar-refractivity contribution in [2.75, 3.05) is 20.3 Å². The second-order valence-corrected chi connectivity index (χ2v) is 3.49. The van der Waals surface area contributed by atoms with E-state index in [2.05, 4.69) is 6.92 Å². The Morgan fingerprint density at radius 2 is 1.93 bits per heavy atom. The molecule has 0 heterocycles. The SMILES string of the molecule is CCc1cc(C(CO)CO)ccc1OC. The first-order valence-corrected chi connectivity index (χ1v) is 5.15. The summed E-state index contributed by atoms with van der Waals surface area (Å²) in [5.74, 6) is 0.664. The molecule has 0 saturated carbocycles. The molecule has 3 nitrogen and oxygen atoms in total. The largest absolute Gasteiger partial charge is 0.496 e. The third-order valence-electron chi connectivity index (χ3n) is 2.60. The van der Waals surface area contributed by atoms with Gasteiger partial charge in [-0.3, -0.25) is 0 Å². The molecule has 3 heteroatoms. The van der Waals surface area contributed by atoms with Gasteiger partial charge in [0.2, 0.25) is 0 Å². The van der Waals surface area contributed by atoms with Gasteiger partial charge in [0, 0.05) is 5.92 Å². The van der Waals surface area contributed by atoms with E-state index in [0.717, 1.165) is 23.3 Å². The topological polar surface area (TPSA) is 49.7 Å². The van der Waals surface area contributed by atoms with Crippen LogP contribution >= 0.6 is 0 Å². The fourth-order valence-corrected chi connectivity index (χ4v) is 1.60. The van der Waals surface area contributed by atoms with E-state index in [4.69, 9.17) is 14.9 Å². The molecule has 1 aromatic carbocycles. The number of hydrogen-bond donors (Lipinski definition) is 2. The highest BCUT2D eigenvalue weighted by atomic mass is 16.5. The molecule has 15 heavy (non-hydrogen) atoms. The minimum absolute atomic E-state index is 0.0357. The Kier molecular flexibility index (Phi) is 4.59. The van der Waals surface area contributed by atoms with E-state index in [1.54, 1.807) is 7.11 Å². The molecule has 0 atom stereocenters. The van der Waals surface area contributed by atoms with E-state index in [0.29, 0.717) is 0 Å². The number of hydrogen-bond acceptors (Lipinski definition) is 3. The van der Waals surface area contributed by atoms with Gasteiger partial charge >= 0.3 is 0 Å². The maximum absolute atomic E-state index is 9.08. The van der Waals surface area contributed by atoms with E-state index >= 15 is 0 Å². The van der Waals surface area contributed by atoms with E-state index in [-0.39, 0.29) is 19.1 Å². The highest BCUT2D eigenvalue weighted by Gasteiger charge is 2.11. The van der Waals surface area contributed by atoms with Crippen LogP contribution < -0.4 is 4.74 Å². The van der Waals surface area contributed by atoms with Crippen molar-refractivity contribution in [3.05, 3.63) is 29.3 Å². The van der Waals surface area contributed by atoms with Crippen LogP contribution in [0.25, 0.3) is 0 Å². The summed E-state index contributed by atoms with van der Waals surface area (Å²) in [6.45, 7) is 1.98. The molecule has 0 aliphatic heterocycles. The van der Waals surface area contributed by atoms with Gasteiger partial charge in [-0.25, -0.2) is 0 Å². The summed E-state index contributed by atoms with van der Waals surface area (Å²) in [5.41, 5.74) is 2.06. The van der Waals surface area contributed by atoms with Gasteiger partial charge in [-0.2, -0.15) is 0 Å². The van der Waals surface area contributed by atoms with Crippen LogP contribution in [0, 0.1) is 0 Å². The van der Waals surface area contributed by atoms with Gasteiger partial charge in [0.25, 0.3) is 0 Å². The first-order valence-electron chi connectivity index (χ1n) is 5.15. The Morgan fingerprint density at radius 1 is 1.27 bits per heavy atom. The molecular weight excluding hydrogens is 192 g/mol. The molecule has 0 aromatic heterocycles. The van der Waals surface area contributed by atoms with Gasteiger partial charge in [-0.05, 0) is 23.6 Å². The fraction of sp³-hybridized carbons (Fsp3) is 0.500. The average Bonchev–Trinajstić information content (AvgIpc) is 2.30. The van der Waals surface area contributed by atoms with Gasteiger partial charge in [-0.1, -0.05) is 19.1 Å². The smallest absolute Gasteiger partial charge is 0.122 e. The lowest BCUT2D eigenvalue weighted by atomic mass is 9.97. The van der Waals surface area contributed by atoms with Crippen molar-refractivity contribution in [3.63, 3.8) is 0 Å². The maximum Gasteiger partial charge on any atom is 0.122 e. The quantitative estimate of drug-likeness (QED) is 0.770. The molecule has 0 aliphatic rings. The molecule has 2 N–H and O–H groups in total. The maximum atomic E-state index is 9.08. The fourth-order valence-electron chi connectivity index (χ4n) is 1.60. The van der Waals surface area contributed by atoms with Crippen molar-refractivity contribution in [3.8, 4) is 5.75 Å². The number of aliphatic hydroxyl groups is 2. The molecule has 0 spiro atoms. The van der Waals surface area contributed by atoms with Crippen LogP contribution in [-0.4, -0.2) is 30.5 Å². The highest BCUT2D eigenvalue weighted by molar-refractivity contribution is 5.38. The molecule has 1 rings (SSSR count). The molecule has 0 unspecified atom stereocenters. The van der Waals surface area contributed by atoms with Gasteiger partial charge in [0.15, 0.2) is 0 Å². The predicted molar refractivity (Wildman–Crippen MR) is 59.3 cm³/mol. The third kappa shape index (κ3) is 2.70. The average molecular weight is 210 g/mol. The van der Waals surface area contributed by atoms with Crippen molar-refractivity contribution in [2.24, 2.45) is 0 Å². The summed E-state index contributed by atoms with van der Waals surface area (Å²) in [5, 5.41) is 18.2.